The van der Waals surface area contributed by atoms with Gasteiger partial charge in [0.25, 0.3) is 0 Å². The zero-order chi connectivity index (χ0) is 10.6. The van der Waals surface area contributed by atoms with Crippen molar-refractivity contribution in [3.8, 4) is 0 Å². The van der Waals surface area contributed by atoms with Gasteiger partial charge in [0.05, 0.1) is 5.60 Å². The van der Waals surface area contributed by atoms with Gasteiger partial charge in [0.2, 0.25) is 5.91 Å². The van der Waals surface area contributed by atoms with Crippen LogP contribution in [0.4, 0.5) is 0 Å². The fourth-order valence-corrected chi connectivity index (χ4v) is 2.35. The van der Waals surface area contributed by atoms with Crippen LogP contribution in [0, 0.1) is 5.92 Å². The van der Waals surface area contributed by atoms with E-state index in [-0.39, 0.29) is 17.4 Å². The first-order valence-electron chi connectivity index (χ1n) is 5.04. The number of carbonyl (C=O) groups excluding carboxylic acids is 1. The maximum absolute atomic E-state index is 11.6. The Hall–Kier alpha value is -0.220. The lowest BCUT2D eigenvalue weighted by molar-refractivity contribution is -0.149. The molecule has 1 aliphatic heterocycles. The van der Waals surface area contributed by atoms with Crippen molar-refractivity contribution in [2.75, 3.05) is 11.5 Å². The Balaban J connectivity index is 2.27. The van der Waals surface area contributed by atoms with Crippen LogP contribution in [0.3, 0.4) is 0 Å². The molecule has 1 rings (SSSR count). The molecule has 3 nitrogen and oxygen atoms in total. The van der Waals surface area contributed by atoms with Crippen LogP contribution in [0.2, 0.25) is 0 Å². The molecular weight excluding hydrogens is 198 g/mol. The van der Waals surface area contributed by atoms with E-state index in [4.69, 9.17) is 4.84 Å². The second-order valence-corrected chi connectivity index (χ2v) is 5.79. The first kappa shape index (κ1) is 11.9. The van der Waals surface area contributed by atoms with Gasteiger partial charge in [-0.05, 0) is 45.1 Å². The summed E-state index contributed by atoms with van der Waals surface area (Å²) in [6.45, 7) is 5.76. The van der Waals surface area contributed by atoms with Gasteiger partial charge in [-0.2, -0.15) is 11.8 Å². The summed E-state index contributed by atoms with van der Waals surface area (Å²) in [6, 6.07) is 0. The molecule has 0 spiro atoms. The summed E-state index contributed by atoms with van der Waals surface area (Å²) in [4.78, 5) is 16.8. The van der Waals surface area contributed by atoms with Crippen LogP contribution in [0.25, 0.3) is 0 Å². The van der Waals surface area contributed by atoms with Crippen molar-refractivity contribution in [1.29, 1.82) is 0 Å². The van der Waals surface area contributed by atoms with E-state index in [1.54, 1.807) is 0 Å². The molecule has 1 amide bonds. The van der Waals surface area contributed by atoms with Crippen LogP contribution in [0.15, 0.2) is 0 Å². The molecule has 1 N–H and O–H groups in total. The highest BCUT2D eigenvalue weighted by Crippen LogP contribution is 2.22. The molecule has 1 fully saturated rings. The van der Waals surface area contributed by atoms with Gasteiger partial charge in [-0.25, -0.2) is 5.48 Å². The molecular formula is C10H19NO2S. The van der Waals surface area contributed by atoms with E-state index >= 15 is 0 Å². The number of rotatable bonds is 2. The number of hydroxylamine groups is 1. The fraction of sp³-hybridized carbons (Fsp3) is 0.900. The van der Waals surface area contributed by atoms with Crippen molar-refractivity contribution < 1.29 is 9.63 Å². The largest absolute Gasteiger partial charge is 0.272 e. The third-order valence-electron chi connectivity index (χ3n) is 2.05. The van der Waals surface area contributed by atoms with Gasteiger partial charge in [0.15, 0.2) is 0 Å². The molecule has 0 radical (unpaired) electrons. The lowest BCUT2D eigenvalue weighted by atomic mass is 10.0. The van der Waals surface area contributed by atoms with Crippen LogP contribution in [0.1, 0.15) is 33.6 Å². The van der Waals surface area contributed by atoms with Crippen molar-refractivity contribution in [3.05, 3.63) is 0 Å². The minimum absolute atomic E-state index is 0.0419. The molecule has 0 bridgehead atoms. The Bertz CT molecular complexity index is 195. The lowest BCUT2D eigenvalue weighted by Gasteiger charge is -2.24. The smallest absolute Gasteiger partial charge is 0.246 e. The van der Waals surface area contributed by atoms with Gasteiger partial charge in [-0.15, -0.1) is 0 Å². The van der Waals surface area contributed by atoms with Crippen LogP contribution in [-0.4, -0.2) is 23.0 Å². The van der Waals surface area contributed by atoms with Crippen LogP contribution in [-0.2, 0) is 9.63 Å². The minimum atomic E-state index is -0.306. The summed E-state index contributed by atoms with van der Waals surface area (Å²) in [5.41, 5.74) is 2.24. The number of amides is 1. The van der Waals surface area contributed by atoms with E-state index < -0.39 is 0 Å². The Morgan fingerprint density at radius 3 is 2.43 bits per heavy atom. The molecule has 0 aromatic carbocycles. The Morgan fingerprint density at radius 1 is 1.36 bits per heavy atom. The molecule has 1 saturated heterocycles. The second-order valence-electron chi connectivity index (χ2n) is 4.57. The maximum atomic E-state index is 11.6. The summed E-state index contributed by atoms with van der Waals surface area (Å²) in [7, 11) is 0. The standard InChI is InChI=1S/C10H19NO2S/c1-10(2,3)13-11-9(12)8-4-6-14-7-5-8/h8H,4-7H2,1-3H3,(H,11,12). The highest BCUT2D eigenvalue weighted by Gasteiger charge is 2.22. The molecule has 4 heteroatoms. The van der Waals surface area contributed by atoms with E-state index in [2.05, 4.69) is 5.48 Å². The Morgan fingerprint density at radius 2 is 1.93 bits per heavy atom. The quantitative estimate of drug-likeness (QED) is 0.719. The summed E-state index contributed by atoms with van der Waals surface area (Å²) < 4.78 is 0. The van der Waals surface area contributed by atoms with E-state index in [1.807, 2.05) is 32.5 Å². The average molecular weight is 217 g/mol. The average Bonchev–Trinajstić information content (AvgIpc) is 2.14. The van der Waals surface area contributed by atoms with Crippen molar-refractivity contribution in [1.82, 2.24) is 5.48 Å². The summed E-state index contributed by atoms with van der Waals surface area (Å²) >= 11 is 1.92. The van der Waals surface area contributed by atoms with Gasteiger partial charge in [0, 0.05) is 5.92 Å². The van der Waals surface area contributed by atoms with Crippen molar-refractivity contribution in [2.24, 2.45) is 5.92 Å². The van der Waals surface area contributed by atoms with Gasteiger partial charge < -0.3 is 0 Å². The fourth-order valence-electron chi connectivity index (χ4n) is 1.25. The van der Waals surface area contributed by atoms with Crippen molar-refractivity contribution in [3.63, 3.8) is 0 Å². The second kappa shape index (κ2) is 5.03. The molecule has 1 heterocycles. The molecule has 14 heavy (non-hydrogen) atoms. The molecule has 0 atom stereocenters. The highest BCUT2D eigenvalue weighted by atomic mass is 32.2. The first-order valence-corrected chi connectivity index (χ1v) is 6.20. The van der Waals surface area contributed by atoms with Crippen molar-refractivity contribution >= 4 is 17.7 Å². The third kappa shape index (κ3) is 4.33. The van der Waals surface area contributed by atoms with E-state index in [0.717, 1.165) is 24.3 Å². The summed E-state index contributed by atoms with van der Waals surface area (Å²) in [5.74, 6) is 2.38. The van der Waals surface area contributed by atoms with Gasteiger partial charge in [-0.3, -0.25) is 9.63 Å². The number of nitrogens with one attached hydrogen (secondary N) is 1. The zero-order valence-corrected chi connectivity index (χ0v) is 9.95. The van der Waals surface area contributed by atoms with E-state index in [1.165, 1.54) is 0 Å². The molecule has 0 saturated carbocycles. The van der Waals surface area contributed by atoms with Crippen LogP contribution >= 0.6 is 11.8 Å². The monoisotopic (exact) mass is 217 g/mol. The summed E-state index contributed by atoms with van der Waals surface area (Å²) in [5, 5.41) is 0. The van der Waals surface area contributed by atoms with Gasteiger partial charge >= 0.3 is 0 Å². The van der Waals surface area contributed by atoms with Gasteiger partial charge in [0.1, 0.15) is 0 Å². The molecule has 0 aliphatic carbocycles. The number of carbonyl (C=O) groups is 1. The minimum Gasteiger partial charge on any atom is -0.272 e. The molecule has 0 unspecified atom stereocenters. The molecule has 1 aliphatic rings. The third-order valence-corrected chi connectivity index (χ3v) is 3.10. The topological polar surface area (TPSA) is 38.3 Å². The number of thioether (sulfide) groups is 1. The Labute approximate surface area is 89.9 Å². The summed E-state index contributed by atoms with van der Waals surface area (Å²) in [6.07, 6.45) is 1.95. The maximum Gasteiger partial charge on any atom is 0.246 e. The predicted molar refractivity (Wildman–Crippen MR) is 59.0 cm³/mol. The normalized spacial score (nSPS) is 19.4. The number of hydrogen-bond acceptors (Lipinski definition) is 3. The highest BCUT2D eigenvalue weighted by molar-refractivity contribution is 7.99. The van der Waals surface area contributed by atoms with Crippen molar-refractivity contribution in [2.45, 2.75) is 39.2 Å². The van der Waals surface area contributed by atoms with Gasteiger partial charge in [-0.1, -0.05) is 0 Å². The SMILES string of the molecule is CC(C)(C)ONC(=O)C1CCSCC1. The van der Waals surface area contributed by atoms with E-state index in [9.17, 15) is 4.79 Å². The van der Waals surface area contributed by atoms with Crippen LogP contribution in [0.5, 0.6) is 0 Å². The molecule has 0 aromatic heterocycles. The van der Waals surface area contributed by atoms with E-state index in [0.29, 0.717) is 0 Å². The lowest BCUT2D eigenvalue weighted by Crippen LogP contribution is -2.38. The van der Waals surface area contributed by atoms with Crippen LogP contribution < -0.4 is 5.48 Å². The Kier molecular flexibility index (Phi) is 4.26. The molecule has 82 valence electrons. The zero-order valence-electron chi connectivity index (χ0n) is 9.13. The molecule has 0 aromatic rings. The predicted octanol–water partition coefficient (Wildman–Crippen LogP) is 1.98. The number of hydrogen-bond donors (Lipinski definition) is 1. The first-order chi connectivity index (χ1) is 6.49.